The van der Waals surface area contributed by atoms with Crippen molar-refractivity contribution in [3.63, 3.8) is 0 Å². The van der Waals surface area contributed by atoms with Crippen LogP contribution < -0.4 is 9.64 Å². The van der Waals surface area contributed by atoms with Crippen LogP contribution in [0.5, 0.6) is 5.75 Å². The summed E-state index contributed by atoms with van der Waals surface area (Å²) in [5.41, 5.74) is 2.06. The van der Waals surface area contributed by atoms with Gasteiger partial charge in [-0.2, -0.15) is 0 Å². The third kappa shape index (κ3) is 3.65. The number of amides is 2. The number of rotatable bonds is 4. The van der Waals surface area contributed by atoms with Crippen molar-refractivity contribution in [2.24, 2.45) is 5.92 Å². The lowest BCUT2D eigenvalue weighted by atomic mass is 9.98. The van der Waals surface area contributed by atoms with Crippen molar-refractivity contribution in [2.45, 2.75) is 18.8 Å². The minimum atomic E-state index is -0.269. The number of benzene rings is 2. The van der Waals surface area contributed by atoms with Gasteiger partial charge in [-0.3, -0.25) is 9.59 Å². The Kier molecular flexibility index (Phi) is 5.40. The molecule has 0 N–H and O–H groups in total. The molecule has 0 saturated carbocycles. The fraction of sp³-hybridized carbons (Fsp3) is 0.364. The van der Waals surface area contributed by atoms with Gasteiger partial charge in [0.1, 0.15) is 5.75 Å². The van der Waals surface area contributed by atoms with Crippen molar-refractivity contribution in [3.8, 4) is 5.75 Å². The highest BCUT2D eigenvalue weighted by molar-refractivity contribution is 9.10. The molecule has 2 aromatic carbocycles. The molecular weight excluding hydrogens is 420 g/mol. The van der Waals surface area contributed by atoms with Crippen LogP contribution in [0.1, 0.15) is 24.3 Å². The van der Waals surface area contributed by atoms with Crippen molar-refractivity contribution in [3.05, 3.63) is 58.6 Å². The summed E-state index contributed by atoms with van der Waals surface area (Å²) in [7, 11) is 1.66. The first-order valence-electron chi connectivity index (χ1n) is 9.54. The number of carbonyl (C=O) groups is 2. The van der Waals surface area contributed by atoms with Crippen molar-refractivity contribution >= 4 is 33.4 Å². The summed E-state index contributed by atoms with van der Waals surface area (Å²) in [6, 6.07) is 15.7. The zero-order valence-corrected chi connectivity index (χ0v) is 17.4. The van der Waals surface area contributed by atoms with Crippen LogP contribution in [-0.2, 0) is 9.59 Å². The summed E-state index contributed by atoms with van der Waals surface area (Å²) in [5.74, 6) is 1.02. The molecule has 2 amide bonds. The monoisotopic (exact) mass is 442 g/mol. The fourth-order valence-corrected chi connectivity index (χ4v) is 4.64. The first-order chi connectivity index (χ1) is 13.6. The topological polar surface area (TPSA) is 49.9 Å². The third-order valence-corrected chi connectivity index (χ3v) is 6.38. The van der Waals surface area contributed by atoms with Crippen molar-refractivity contribution in [1.82, 2.24) is 4.90 Å². The predicted molar refractivity (Wildman–Crippen MR) is 112 cm³/mol. The minimum Gasteiger partial charge on any atom is -0.497 e. The van der Waals surface area contributed by atoms with E-state index in [1.165, 1.54) is 5.56 Å². The molecule has 5 nitrogen and oxygen atoms in total. The number of likely N-dealkylation sites (tertiary alicyclic amines) is 1. The van der Waals surface area contributed by atoms with Crippen LogP contribution in [0.2, 0.25) is 0 Å². The molecule has 2 heterocycles. The summed E-state index contributed by atoms with van der Waals surface area (Å²) in [5, 5.41) is 0. The molecule has 0 radical (unpaired) electrons. The SMILES string of the molecule is COc1ccc(C2CCN(C(=O)C3CC(=O)N(c4ccccc4Br)C3)C2)cc1. The molecule has 2 fully saturated rings. The van der Waals surface area contributed by atoms with Gasteiger partial charge >= 0.3 is 0 Å². The Morgan fingerprint density at radius 3 is 2.57 bits per heavy atom. The zero-order valence-electron chi connectivity index (χ0n) is 15.8. The molecule has 0 aliphatic carbocycles. The smallest absolute Gasteiger partial charge is 0.228 e. The summed E-state index contributed by atoms with van der Waals surface area (Å²) in [6.45, 7) is 1.91. The Morgan fingerprint density at radius 1 is 1.11 bits per heavy atom. The summed E-state index contributed by atoms with van der Waals surface area (Å²) >= 11 is 3.50. The van der Waals surface area contributed by atoms with Crippen molar-refractivity contribution in [1.29, 1.82) is 0 Å². The predicted octanol–water partition coefficient (Wildman–Crippen LogP) is 3.83. The molecule has 2 aliphatic rings. The number of para-hydroxylation sites is 1. The molecule has 0 aromatic heterocycles. The molecule has 2 unspecified atom stereocenters. The van der Waals surface area contributed by atoms with E-state index in [0.29, 0.717) is 19.0 Å². The second kappa shape index (κ2) is 7.95. The molecule has 146 valence electrons. The van der Waals surface area contributed by atoms with Crippen LogP contribution in [0.15, 0.2) is 53.0 Å². The van der Waals surface area contributed by atoms with Gasteiger partial charge in [0.15, 0.2) is 0 Å². The molecule has 0 bridgehead atoms. The third-order valence-electron chi connectivity index (χ3n) is 5.70. The van der Waals surface area contributed by atoms with E-state index in [4.69, 9.17) is 4.74 Å². The maximum Gasteiger partial charge on any atom is 0.228 e. The van der Waals surface area contributed by atoms with E-state index in [9.17, 15) is 9.59 Å². The van der Waals surface area contributed by atoms with Crippen molar-refractivity contribution in [2.75, 3.05) is 31.6 Å². The summed E-state index contributed by atoms with van der Waals surface area (Å²) in [4.78, 5) is 29.2. The lowest BCUT2D eigenvalue weighted by Crippen LogP contribution is -2.35. The Morgan fingerprint density at radius 2 is 1.86 bits per heavy atom. The quantitative estimate of drug-likeness (QED) is 0.722. The van der Waals surface area contributed by atoms with Gasteiger partial charge in [-0.1, -0.05) is 24.3 Å². The molecular formula is C22H23BrN2O3. The van der Waals surface area contributed by atoms with Gasteiger partial charge in [-0.25, -0.2) is 0 Å². The first kappa shape index (κ1) is 19.0. The van der Waals surface area contributed by atoms with E-state index < -0.39 is 0 Å². The van der Waals surface area contributed by atoms with E-state index in [-0.39, 0.29) is 24.2 Å². The molecule has 2 aromatic rings. The molecule has 2 aliphatic heterocycles. The number of nitrogens with zero attached hydrogens (tertiary/aromatic N) is 2. The van der Waals surface area contributed by atoms with Gasteiger partial charge in [0.05, 0.1) is 18.7 Å². The fourth-order valence-electron chi connectivity index (χ4n) is 4.14. The molecule has 6 heteroatoms. The van der Waals surface area contributed by atoms with Gasteiger partial charge in [0.2, 0.25) is 11.8 Å². The molecule has 2 saturated heterocycles. The van der Waals surface area contributed by atoms with E-state index in [2.05, 4.69) is 28.1 Å². The average Bonchev–Trinajstić information content (AvgIpc) is 3.35. The molecule has 28 heavy (non-hydrogen) atoms. The maximum absolute atomic E-state index is 13.0. The maximum atomic E-state index is 13.0. The molecule has 0 spiro atoms. The van der Waals surface area contributed by atoms with Crippen LogP contribution in [-0.4, -0.2) is 43.5 Å². The average molecular weight is 443 g/mol. The lowest BCUT2D eigenvalue weighted by molar-refractivity contribution is -0.134. The van der Waals surface area contributed by atoms with Crippen LogP contribution >= 0.6 is 15.9 Å². The van der Waals surface area contributed by atoms with Crippen LogP contribution in [0, 0.1) is 5.92 Å². The lowest BCUT2D eigenvalue weighted by Gasteiger charge is -2.22. The Hall–Kier alpha value is -2.34. The number of hydrogen-bond acceptors (Lipinski definition) is 3. The standard InChI is InChI=1S/C22H23BrN2O3/c1-28-18-8-6-15(7-9-18)16-10-11-24(13-16)22(27)17-12-21(26)25(14-17)20-5-3-2-4-19(20)23/h2-9,16-17H,10-14H2,1H3. The van der Waals surface area contributed by atoms with Gasteiger partial charge in [0.25, 0.3) is 0 Å². The number of methoxy groups -OCH3 is 1. The number of ether oxygens (including phenoxy) is 1. The molecule has 4 rings (SSSR count). The highest BCUT2D eigenvalue weighted by Crippen LogP contribution is 2.34. The van der Waals surface area contributed by atoms with E-state index in [1.807, 2.05) is 41.3 Å². The van der Waals surface area contributed by atoms with E-state index >= 15 is 0 Å². The van der Waals surface area contributed by atoms with Crippen LogP contribution in [0.3, 0.4) is 0 Å². The number of carbonyl (C=O) groups excluding carboxylic acids is 2. The second-order valence-electron chi connectivity index (χ2n) is 7.40. The minimum absolute atomic E-state index is 0.0103. The van der Waals surface area contributed by atoms with Crippen LogP contribution in [0.25, 0.3) is 0 Å². The zero-order chi connectivity index (χ0) is 19.7. The highest BCUT2D eigenvalue weighted by atomic mass is 79.9. The van der Waals surface area contributed by atoms with Gasteiger partial charge in [-0.05, 0) is 52.2 Å². The van der Waals surface area contributed by atoms with E-state index in [0.717, 1.165) is 28.9 Å². The van der Waals surface area contributed by atoms with E-state index in [1.54, 1.807) is 12.0 Å². The van der Waals surface area contributed by atoms with Crippen LogP contribution in [0.4, 0.5) is 5.69 Å². The largest absolute Gasteiger partial charge is 0.497 e. The number of hydrogen-bond donors (Lipinski definition) is 0. The summed E-state index contributed by atoms with van der Waals surface area (Å²) in [6.07, 6.45) is 1.23. The van der Waals surface area contributed by atoms with Crippen molar-refractivity contribution < 1.29 is 14.3 Å². The Bertz CT molecular complexity index is 884. The second-order valence-corrected chi connectivity index (χ2v) is 8.25. The first-order valence-corrected chi connectivity index (χ1v) is 10.3. The highest BCUT2D eigenvalue weighted by Gasteiger charge is 2.39. The Balaban J connectivity index is 1.41. The molecule has 2 atom stereocenters. The Labute approximate surface area is 173 Å². The van der Waals surface area contributed by atoms with Gasteiger partial charge in [-0.15, -0.1) is 0 Å². The normalized spacial score (nSPS) is 22.0. The van der Waals surface area contributed by atoms with Gasteiger partial charge < -0.3 is 14.5 Å². The number of halogens is 1. The number of anilines is 1. The van der Waals surface area contributed by atoms with Gasteiger partial charge in [0, 0.05) is 36.4 Å². The summed E-state index contributed by atoms with van der Waals surface area (Å²) < 4.78 is 6.09.